The van der Waals surface area contributed by atoms with Gasteiger partial charge in [0.25, 0.3) is 0 Å². The number of aryl methyl sites for hydroxylation is 2. The first kappa shape index (κ1) is 21.8. The molecule has 0 bridgehead atoms. The molecule has 0 fully saturated rings. The van der Waals surface area contributed by atoms with Crippen LogP contribution in [0, 0.1) is 0 Å². The molecule has 30 heavy (non-hydrogen) atoms. The second-order valence-corrected chi connectivity index (χ2v) is 9.30. The van der Waals surface area contributed by atoms with Gasteiger partial charge in [-0.2, -0.15) is 0 Å². The lowest BCUT2D eigenvalue weighted by atomic mass is 10.2. The molecule has 1 amide bonds. The van der Waals surface area contributed by atoms with Gasteiger partial charge in [-0.05, 0) is 35.9 Å². The van der Waals surface area contributed by atoms with Crippen molar-refractivity contribution in [1.82, 2.24) is 19.2 Å². The number of aromatic nitrogens is 2. The molecule has 1 aromatic heterocycles. The number of benzene rings is 2. The number of amides is 1. The van der Waals surface area contributed by atoms with E-state index in [0.29, 0.717) is 18.5 Å². The predicted octanol–water partition coefficient (Wildman–Crippen LogP) is 2.08. The zero-order valence-electron chi connectivity index (χ0n) is 17.5. The van der Waals surface area contributed by atoms with E-state index in [4.69, 9.17) is 4.74 Å². The smallest absolute Gasteiger partial charge is 0.242 e. The molecule has 0 saturated carbocycles. The Kier molecular flexibility index (Phi) is 6.42. The highest BCUT2D eigenvalue weighted by Gasteiger charge is 2.19. The minimum Gasteiger partial charge on any atom is -0.497 e. The summed E-state index contributed by atoms with van der Waals surface area (Å²) in [6, 6.07) is 12.4. The van der Waals surface area contributed by atoms with E-state index in [1.165, 1.54) is 18.4 Å². The monoisotopic (exact) mass is 430 g/mol. The van der Waals surface area contributed by atoms with Crippen molar-refractivity contribution in [3.8, 4) is 5.75 Å². The maximum Gasteiger partial charge on any atom is 0.242 e. The predicted molar refractivity (Wildman–Crippen MR) is 115 cm³/mol. The van der Waals surface area contributed by atoms with E-state index in [-0.39, 0.29) is 17.2 Å². The fourth-order valence-corrected chi connectivity index (χ4v) is 4.00. The largest absolute Gasteiger partial charge is 0.497 e. The van der Waals surface area contributed by atoms with Crippen LogP contribution < -0.4 is 10.1 Å². The molecule has 3 rings (SSSR count). The lowest BCUT2D eigenvalue weighted by Crippen LogP contribution is -2.23. The SMILES string of the molecule is COc1ccc(CNC(=O)CCc2nc3cc(S(=O)(=O)N(C)C)ccc3n2C)cc1. The van der Waals surface area contributed by atoms with Crippen molar-refractivity contribution >= 4 is 27.0 Å². The highest BCUT2D eigenvalue weighted by Crippen LogP contribution is 2.22. The number of carbonyl (C=O) groups is 1. The van der Waals surface area contributed by atoms with Crippen LogP contribution in [0.3, 0.4) is 0 Å². The summed E-state index contributed by atoms with van der Waals surface area (Å²) in [6.45, 7) is 0.442. The molecule has 1 N–H and O–H groups in total. The maximum atomic E-state index is 12.3. The van der Waals surface area contributed by atoms with Crippen LogP contribution in [0.25, 0.3) is 11.0 Å². The van der Waals surface area contributed by atoms with Crippen LogP contribution in [0.4, 0.5) is 0 Å². The molecule has 2 aromatic carbocycles. The first-order valence-corrected chi connectivity index (χ1v) is 10.9. The molecule has 8 nitrogen and oxygen atoms in total. The zero-order valence-corrected chi connectivity index (χ0v) is 18.4. The van der Waals surface area contributed by atoms with Crippen LogP contribution in [-0.4, -0.2) is 49.4 Å². The number of carbonyl (C=O) groups excluding carboxylic acids is 1. The molecule has 3 aromatic rings. The Bertz CT molecular complexity index is 1150. The van der Waals surface area contributed by atoms with Crippen molar-refractivity contribution in [3.05, 3.63) is 53.9 Å². The summed E-state index contributed by atoms with van der Waals surface area (Å²) < 4.78 is 32.9. The molecule has 0 spiro atoms. The third kappa shape index (κ3) is 4.63. The van der Waals surface area contributed by atoms with Crippen LogP contribution in [0.2, 0.25) is 0 Å². The third-order valence-corrected chi connectivity index (χ3v) is 6.76. The van der Waals surface area contributed by atoms with Gasteiger partial charge in [-0.25, -0.2) is 17.7 Å². The molecular formula is C21H26N4O4S. The first-order valence-electron chi connectivity index (χ1n) is 9.50. The van der Waals surface area contributed by atoms with E-state index in [1.807, 2.05) is 35.9 Å². The second-order valence-electron chi connectivity index (χ2n) is 7.15. The van der Waals surface area contributed by atoms with Crippen molar-refractivity contribution < 1.29 is 17.9 Å². The van der Waals surface area contributed by atoms with Gasteiger partial charge in [0.2, 0.25) is 15.9 Å². The lowest BCUT2D eigenvalue weighted by molar-refractivity contribution is -0.121. The summed E-state index contributed by atoms with van der Waals surface area (Å²) in [4.78, 5) is 17.0. The molecule has 0 aliphatic rings. The van der Waals surface area contributed by atoms with E-state index in [9.17, 15) is 13.2 Å². The first-order chi connectivity index (χ1) is 14.2. The highest BCUT2D eigenvalue weighted by molar-refractivity contribution is 7.89. The average molecular weight is 431 g/mol. The van der Waals surface area contributed by atoms with Crippen molar-refractivity contribution in [2.24, 2.45) is 7.05 Å². The number of imidazole rings is 1. The molecule has 0 radical (unpaired) electrons. The van der Waals surface area contributed by atoms with Crippen molar-refractivity contribution in [1.29, 1.82) is 0 Å². The number of nitrogens with one attached hydrogen (secondary N) is 1. The Hall–Kier alpha value is -2.91. The second kappa shape index (κ2) is 8.85. The molecule has 160 valence electrons. The maximum absolute atomic E-state index is 12.3. The quantitative estimate of drug-likeness (QED) is 0.591. The third-order valence-electron chi connectivity index (χ3n) is 4.95. The molecular weight excluding hydrogens is 404 g/mol. The number of hydrogen-bond donors (Lipinski definition) is 1. The van der Waals surface area contributed by atoms with E-state index in [2.05, 4.69) is 10.3 Å². The molecule has 0 saturated heterocycles. The Morgan fingerprint density at radius 1 is 1.17 bits per heavy atom. The summed E-state index contributed by atoms with van der Waals surface area (Å²) in [5, 5.41) is 2.90. The van der Waals surface area contributed by atoms with Gasteiger partial charge in [0.15, 0.2) is 0 Å². The van der Waals surface area contributed by atoms with Crippen LogP contribution in [0.15, 0.2) is 47.4 Å². The van der Waals surface area contributed by atoms with Gasteiger partial charge < -0.3 is 14.6 Å². The Morgan fingerprint density at radius 3 is 2.50 bits per heavy atom. The molecule has 0 aliphatic carbocycles. The van der Waals surface area contributed by atoms with E-state index >= 15 is 0 Å². The lowest BCUT2D eigenvalue weighted by Gasteiger charge is -2.10. The number of nitrogens with zero attached hydrogens (tertiary/aromatic N) is 3. The summed E-state index contributed by atoms with van der Waals surface area (Å²) in [6.07, 6.45) is 0.742. The Morgan fingerprint density at radius 2 is 1.87 bits per heavy atom. The fraction of sp³-hybridized carbons (Fsp3) is 0.333. The minimum absolute atomic E-state index is 0.0752. The molecule has 1 heterocycles. The van der Waals surface area contributed by atoms with Gasteiger partial charge in [0.1, 0.15) is 11.6 Å². The van der Waals surface area contributed by atoms with Crippen LogP contribution >= 0.6 is 0 Å². The van der Waals surface area contributed by atoms with E-state index in [1.54, 1.807) is 25.3 Å². The Labute approximate surface area is 176 Å². The van der Waals surface area contributed by atoms with Gasteiger partial charge in [-0.1, -0.05) is 12.1 Å². The number of rotatable bonds is 8. The molecule has 0 unspecified atom stereocenters. The van der Waals surface area contributed by atoms with Gasteiger partial charge >= 0.3 is 0 Å². The van der Waals surface area contributed by atoms with E-state index < -0.39 is 10.0 Å². The van der Waals surface area contributed by atoms with Gasteiger partial charge in [-0.3, -0.25) is 4.79 Å². The normalized spacial score (nSPS) is 11.8. The van der Waals surface area contributed by atoms with Crippen molar-refractivity contribution in [3.63, 3.8) is 0 Å². The highest BCUT2D eigenvalue weighted by atomic mass is 32.2. The van der Waals surface area contributed by atoms with Crippen LogP contribution in [0.5, 0.6) is 5.75 Å². The van der Waals surface area contributed by atoms with Crippen LogP contribution in [-0.2, 0) is 34.8 Å². The van der Waals surface area contributed by atoms with Gasteiger partial charge in [0.05, 0.1) is 23.0 Å². The van der Waals surface area contributed by atoms with Crippen LogP contribution in [0.1, 0.15) is 17.8 Å². The number of methoxy groups -OCH3 is 1. The molecule has 0 aliphatic heterocycles. The topological polar surface area (TPSA) is 93.5 Å². The number of hydrogen-bond acceptors (Lipinski definition) is 5. The summed E-state index contributed by atoms with van der Waals surface area (Å²) >= 11 is 0. The standard InChI is InChI=1S/C21H26N4O4S/c1-24(2)30(27,28)17-9-10-19-18(13-17)23-20(25(19)3)11-12-21(26)22-14-15-5-7-16(29-4)8-6-15/h5-10,13H,11-12,14H2,1-4H3,(H,22,26). The fourth-order valence-electron chi connectivity index (χ4n) is 3.08. The number of sulfonamides is 1. The van der Waals surface area contributed by atoms with Crippen molar-refractivity contribution in [2.75, 3.05) is 21.2 Å². The Balaban J connectivity index is 1.65. The van der Waals surface area contributed by atoms with Gasteiger partial charge in [-0.15, -0.1) is 0 Å². The zero-order chi connectivity index (χ0) is 21.9. The number of ether oxygens (including phenoxy) is 1. The average Bonchev–Trinajstić information content (AvgIpc) is 3.06. The molecule has 9 heteroatoms. The number of fused-ring (bicyclic) bond motifs is 1. The summed E-state index contributed by atoms with van der Waals surface area (Å²) in [7, 11) is 2.94. The molecule has 0 atom stereocenters. The van der Waals surface area contributed by atoms with E-state index in [0.717, 1.165) is 22.7 Å². The summed E-state index contributed by atoms with van der Waals surface area (Å²) in [5.41, 5.74) is 2.40. The minimum atomic E-state index is -3.52. The van der Waals surface area contributed by atoms with Crippen molar-refractivity contribution in [2.45, 2.75) is 24.3 Å². The summed E-state index contributed by atoms with van der Waals surface area (Å²) in [5.74, 6) is 1.42. The van der Waals surface area contributed by atoms with Gasteiger partial charge in [0, 0.05) is 40.5 Å².